The van der Waals surface area contributed by atoms with Gasteiger partial charge < -0.3 is 47.4 Å². The van der Waals surface area contributed by atoms with Crippen molar-refractivity contribution in [2.75, 3.05) is 52.9 Å². The van der Waals surface area contributed by atoms with Crippen molar-refractivity contribution in [3.8, 4) is 0 Å². The van der Waals surface area contributed by atoms with Crippen molar-refractivity contribution in [1.82, 2.24) is 0 Å². The fourth-order valence-corrected chi connectivity index (χ4v) is 6.15. The topological polar surface area (TPSA) is 109 Å². The molecule has 0 saturated carbocycles. The first-order valence-corrected chi connectivity index (χ1v) is 20.1. The Bertz CT molecular complexity index is 832. The van der Waals surface area contributed by atoms with Crippen molar-refractivity contribution >= 4 is 5.97 Å². The number of hydrogen-bond acceptors (Lipinski definition) is 11. The quantitative estimate of drug-likeness (QED) is 0.0579. The lowest BCUT2D eigenvalue weighted by Gasteiger charge is -2.50. The summed E-state index contributed by atoms with van der Waals surface area (Å²) in [4.78, 5) is 12.7. The zero-order valence-electron chi connectivity index (χ0n) is 32.9. The van der Waals surface area contributed by atoms with E-state index < -0.39 is 55.0 Å². The molecule has 296 valence electrons. The van der Waals surface area contributed by atoms with E-state index in [1.54, 1.807) is 0 Å². The predicted molar refractivity (Wildman–Crippen MR) is 193 cm³/mol. The molecule has 11 nitrogen and oxygen atoms in total. The molecule has 50 heavy (non-hydrogen) atoms. The van der Waals surface area contributed by atoms with Gasteiger partial charge in [0.1, 0.15) is 42.7 Å². The normalized spacial score (nSPS) is 30.1. The van der Waals surface area contributed by atoms with Gasteiger partial charge in [-0.3, -0.25) is 4.79 Å². The van der Waals surface area contributed by atoms with Crippen LogP contribution in [0.4, 0.5) is 0 Å². The standard InChI is InChI=1S/C39H74O11/c1-9-15-21-41-27-31-34(44-24-18-12-4)37(46-26-20-14-6)38(48-30(8)40)39(49-31)50-35-32(28-42-22-16-10-2)47-29(7)33(43-23-17-11-3)36(35)45-25-19-13-5/h29,31-39H,9-28H2,1-8H3/t29-,31?,32?,33?,34-,35+,36-,37+,38?,39-/m1/s1. The fourth-order valence-electron chi connectivity index (χ4n) is 6.15. The van der Waals surface area contributed by atoms with Crippen molar-refractivity contribution in [2.45, 2.75) is 194 Å². The number of carbonyl (C=O) groups excluding carboxylic acids is 1. The molecule has 11 heteroatoms. The van der Waals surface area contributed by atoms with Crippen LogP contribution in [0.25, 0.3) is 0 Å². The summed E-state index contributed by atoms with van der Waals surface area (Å²) in [5.41, 5.74) is 0. The molecule has 0 radical (unpaired) electrons. The number of unbranched alkanes of at least 4 members (excludes halogenated alkanes) is 6. The van der Waals surface area contributed by atoms with Gasteiger partial charge in [0.15, 0.2) is 12.4 Å². The van der Waals surface area contributed by atoms with E-state index in [4.69, 9.17) is 47.4 Å². The molecule has 2 heterocycles. The van der Waals surface area contributed by atoms with Crippen molar-refractivity contribution < 1.29 is 52.2 Å². The molecule has 0 aliphatic carbocycles. The Morgan fingerprint density at radius 2 is 0.900 bits per heavy atom. The van der Waals surface area contributed by atoms with Gasteiger partial charge >= 0.3 is 5.97 Å². The maximum absolute atomic E-state index is 12.7. The average Bonchev–Trinajstić information content (AvgIpc) is 3.09. The third-order valence-electron chi connectivity index (χ3n) is 9.13. The zero-order valence-corrected chi connectivity index (χ0v) is 32.9. The third kappa shape index (κ3) is 16.0. The van der Waals surface area contributed by atoms with E-state index in [2.05, 4.69) is 41.5 Å². The van der Waals surface area contributed by atoms with E-state index in [1.165, 1.54) is 6.92 Å². The van der Waals surface area contributed by atoms with E-state index in [0.717, 1.165) is 77.0 Å². The SMILES string of the molecule is CCCCOCC1O[C@H](O[C@H]2C(COCCCC)O[C@H](C)C(OCCCC)[C@H]2OCCCC)C(OC(C)=O)[C@@H](OCCCC)[C@@H]1OCCCC. The van der Waals surface area contributed by atoms with Crippen molar-refractivity contribution in [2.24, 2.45) is 0 Å². The molecule has 0 aromatic carbocycles. The highest BCUT2D eigenvalue weighted by atomic mass is 16.7. The average molecular weight is 719 g/mol. The van der Waals surface area contributed by atoms with Crippen LogP contribution in [0, 0.1) is 0 Å². The van der Waals surface area contributed by atoms with E-state index >= 15 is 0 Å². The fraction of sp³-hybridized carbons (Fsp3) is 0.974. The van der Waals surface area contributed by atoms with Crippen molar-refractivity contribution in [1.29, 1.82) is 0 Å². The van der Waals surface area contributed by atoms with E-state index in [9.17, 15) is 4.79 Å². The second kappa shape index (κ2) is 27.7. The minimum Gasteiger partial charge on any atom is -0.454 e. The highest BCUT2D eigenvalue weighted by molar-refractivity contribution is 5.66. The second-order valence-electron chi connectivity index (χ2n) is 13.7. The van der Waals surface area contributed by atoms with Crippen LogP contribution >= 0.6 is 0 Å². The summed E-state index contributed by atoms with van der Waals surface area (Å²) >= 11 is 0. The van der Waals surface area contributed by atoms with Gasteiger partial charge in [0, 0.05) is 46.6 Å². The highest BCUT2D eigenvalue weighted by Crippen LogP contribution is 2.35. The summed E-state index contributed by atoms with van der Waals surface area (Å²) in [6, 6.07) is 0. The molecular formula is C39H74O11. The lowest BCUT2D eigenvalue weighted by molar-refractivity contribution is -0.354. The summed E-state index contributed by atoms with van der Waals surface area (Å²) in [6.07, 6.45) is 5.62. The molecule has 2 aliphatic rings. The summed E-state index contributed by atoms with van der Waals surface area (Å²) in [6.45, 7) is 20.2. The van der Waals surface area contributed by atoms with Crippen LogP contribution in [0.1, 0.15) is 132 Å². The molecule has 2 rings (SSSR count). The van der Waals surface area contributed by atoms with Crippen molar-refractivity contribution in [3.63, 3.8) is 0 Å². The highest BCUT2D eigenvalue weighted by Gasteiger charge is 2.54. The number of esters is 1. The molecule has 0 aromatic rings. The monoisotopic (exact) mass is 719 g/mol. The summed E-state index contributed by atoms with van der Waals surface area (Å²) in [5.74, 6) is -0.453. The minimum atomic E-state index is -1.01. The first kappa shape index (κ1) is 45.3. The molecule has 4 unspecified atom stereocenters. The van der Waals surface area contributed by atoms with Crippen LogP contribution in [-0.2, 0) is 52.2 Å². The largest absolute Gasteiger partial charge is 0.454 e. The van der Waals surface area contributed by atoms with Crippen LogP contribution in [0.15, 0.2) is 0 Å². The maximum Gasteiger partial charge on any atom is 0.303 e. The zero-order chi connectivity index (χ0) is 36.6. The van der Waals surface area contributed by atoms with Gasteiger partial charge in [0.25, 0.3) is 0 Å². The van der Waals surface area contributed by atoms with Gasteiger partial charge in [-0.1, -0.05) is 80.1 Å². The number of hydrogen-bond donors (Lipinski definition) is 0. The Kier molecular flexibility index (Phi) is 25.1. The lowest BCUT2D eigenvalue weighted by Crippen LogP contribution is -2.66. The van der Waals surface area contributed by atoms with Gasteiger partial charge in [0.2, 0.25) is 0 Å². The summed E-state index contributed by atoms with van der Waals surface area (Å²) in [5, 5.41) is 0. The van der Waals surface area contributed by atoms with Gasteiger partial charge in [-0.25, -0.2) is 0 Å². The molecule has 2 aliphatic heterocycles. The summed E-state index contributed by atoms with van der Waals surface area (Å²) < 4.78 is 64.9. The number of carbonyl (C=O) groups is 1. The third-order valence-corrected chi connectivity index (χ3v) is 9.13. The smallest absolute Gasteiger partial charge is 0.303 e. The van der Waals surface area contributed by atoms with E-state index in [0.29, 0.717) is 46.2 Å². The summed E-state index contributed by atoms with van der Waals surface area (Å²) in [7, 11) is 0. The Labute approximate surface area is 304 Å². The molecule has 0 bridgehead atoms. The number of rotatable bonds is 29. The van der Waals surface area contributed by atoms with Gasteiger partial charge in [-0.2, -0.15) is 0 Å². The predicted octanol–water partition coefficient (Wildman–Crippen LogP) is 7.19. The molecule has 0 aromatic heterocycles. The van der Waals surface area contributed by atoms with Crippen LogP contribution in [-0.4, -0.2) is 120 Å². The Balaban J connectivity index is 2.56. The minimum absolute atomic E-state index is 0.254. The van der Waals surface area contributed by atoms with Gasteiger partial charge in [-0.05, 0) is 45.4 Å². The van der Waals surface area contributed by atoms with Crippen LogP contribution < -0.4 is 0 Å². The van der Waals surface area contributed by atoms with Crippen LogP contribution in [0.3, 0.4) is 0 Å². The first-order chi connectivity index (χ1) is 24.4. The van der Waals surface area contributed by atoms with Gasteiger partial charge in [0.05, 0.1) is 19.3 Å². The molecular weight excluding hydrogens is 644 g/mol. The number of ether oxygens (including phenoxy) is 10. The van der Waals surface area contributed by atoms with Crippen LogP contribution in [0.5, 0.6) is 0 Å². The maximum atomic E-state index is 12.7. The Hall–Kier alpha value is -0.890. The second-order valence-corrected chi connectivity index (χ2v) is 13.7. The molecule has 0 N–H and O–H groups in total. The molecule has 10 atom stereocenters. The van der Waals surface area contributed by atoms with E-state index in [-0.39, 0.29) is 18.8 Å². The Morgan fingerprint density at radius 1 is 0.500 bits per heavy atom. The van der Waals surface area contributed by atoms with Gasteiger partial charge in [-0.15, -0.1) is 0 Å². The first-order valence-electron chi connectivity index (χ1n) is 20.1. The molecule has 0 amide bonds. The lowest BCUT2D eigenvalue weighted by atomic mass is 9.94. The Morgan fingerprint density at radius 3 is 1.36 bits per heavy atom. The van der Waals surface area contributed by atoms with Crippen molar-refractivity contribution in [3.05, 3.63) is 0 Å². The van der Waals surface area contributed by atoms with E-state index in [1.807, 2.05) is 6.92 Å². The van der Waals surface area contributed by atoms with Crippen LogP contribution in [0.2, 0.25) is 0 Å². The molecule has 0 spiro atoms. The molecule has 2 saturated heterocycles. The molecule has 2 fully saturated rings.